The van der Waals surface area contributed by atoms with Crippen molar-refractivity contribution < 1.29 is 9.53 Å². The standard InChI is InChI=1S/C27H32N4O3/c1-20-19-29(15-16-30(20)25(32)14-13-22-9-5-4-6-10-22)21(2)26-28-24-12-8-7-11-23(24)27(33)31(26)17-18-34-3/h4-14,20-21H,15-19H2,1-3H3/b14-13+. The number of rotatable bonds is 7. The van der Waals surface area contributed by atoms with Gasteiger partial charge in [-0.2, -0.15) is 0 Å². The second-order valence-electron chi connectivity index (χ2n) is 8.73. The van der Waals surface area contributed by atoms with Crippen molar-refractivity contribution in [3.63, 3.8) is 0 Å². The number of fused-ring (bicyclic) bond motifs is 1. The maximum absolute atomic E-state index is 13.2. The number of hydrogen-bond donors (Lipinski definition) is 0. The zero-order valence-electron chi connectivity index (χ0n) is 20.1. The lowest BCUT2D eigenvalue weighted by Crippen LogP contribution is -2.54. The second-order valence-corrected chi connectivity index (χ2v) is 8.73. The van der Waals surface area contributed by atoms with E-state index in [1.54, 1.807) is 17.8 Å². The van der Waals surface area contributed by atoms with Gasteiger partial charge in [0.15, 0.2) is 0 Å². The second kappa shape index (κ2) is 10.8. The maximum Gasteiger partial charge on any atom is 0.261 e. The van der Waals surface area contributed by atoms with Crippen LogP contribution in [0.1, 0.15) is 31.3 Å². The van der Waals surface area contributed by atoms with Crippen molar-refractivity contribution in [1.82, 2.24) is 19.4 Å². The molecule has 0 aliphatic carbocycles. The molecular formula is C27H32N4O3. The van der Waals surface area contributed by atoms with E-state index < -0.39 is 0 Å². The third-order valence-electron chi connectivity index (χ3n) is 6.49. The summed E-state index contributed by atoms with van der Waals surface area (Å²) in [6.07, 6.45) is 3.51. The molecule has 1 aromatic heterocycles. The van der Waals surface area contributed by atoms with Crippen LogP contribution in [0.4, 0.5) is 0 Å². The van der Waals surface area contributed by atoms with Crippen LogP contribution < -0.4 is 5.56 Å². The summed E-state index contributed by atoms with van der Waals surface area (Å²) >= 11 is 0. The Morgan fingerprint density at radius 2 is 1.88 bits per heavy atom. The summed E-state index contributed by atoms with van der Waals surface area (Å²) in [6.45, 7) is 7.08. The highest BCUT2D eigenvalue weighted by Crippen LogP contribution is 2.23. The normalized spacial score (nSPS) is 18.0. The summed E-state index contributed by atoms with van der Waals surface area (Å²) in [5, 5.41) is 0.614. The number of amides is 1. The average molecular weight is 461 g/mol. The Morgan fingerprint density at radius 3 is 2.62 bits per heavy atom. The number of piperazine rings is 1. The molecule has 4 rings (SSSR count). The molecule has 0 N–H and O–H groups in total. The van der Waals surface area contributed by atoms with Crippen LogP contribution in [0.2, 0.25) is 0 Å². The van der Waals surface area contributed by atoms with E-state index in [-0.39, 0.29) is 23.6 Å². The monoisotopic (exact) mass is 460 g/mol. The van der Waals surface area contributed by atoms with Crippen molar-refractivity contribution in [3.05, 3.63) is 82.4 Å². The van der Waals surface area contributed by atoms with Gasteiger partial charge in [0.1, 0.15) is 5.82 Å². The van der Waals surface area contributed by atoms with Gasteiger partial charge in [-0.1, -0.05) is 42.5 Å². The number of aromatic nitrogens is 2. The summed E-state index contributed by atoms with van der Waals surface area (Å²) in [5.41, 5.74) is 1.67. The molecule has 0 radical (unpaired) electrons. The van der Waals surface area contributed by atoms with Gasteiger partial charge in [0.05, 0.1) is 30.1 Å². The van der Waals surface area contributed by atoms with Crippen molar-refractivity contribution in [1.29, 1.82) is 0 Å². The molecule has 34 heavy (non-hydrogen) atoms. The molecule has 0 spiro atoms. The van der Waals surface area contributed by atoms with Crippen LogP contribution in [-0.4, -0.2) is 64.7 Å². The topological polar surface area (TPSA) is 67.7 Å². The lowest BCUT2D eigenvalue weighted by atomic mass is 10.1. The van der Waals surface area contributed by atoms with Gasteiger partial charge in [0, 0.05) is 38.9 Å². The first kappa shape index (κ1) is 23.9. The van der Waals surface area contributed by atoms with Gasteiger partial charge in [0.2, 0.25) is 5.91 Å². The third kappa shape index (κ3) is 5.11. The molecule has 1 saturated heterocycles. The van der Waals surface area contributed by atoms with Crippen LogP contribution in [0.3, 0.4) is 0 Å². The number of methoxy groups -OCH3 is 1. The smallest absolute Gasteiger partial charge is 0.261 e. The van der Waals surface area contributed by atoms with Crippen LogP contribution in [0.5, 0.6) is 0 Å². The fourth-order valence-electron chi connectivity index (χ4n) is 4.56. The molecule has 1 fully saturated rings. The Labute approximate surface area is 200 Å². The van der Waals surface area contributed by atoms with E-state index in [9.17, 15) is 9.59 Å². The molecule has 1 aliphatic heterocycles. The summed E-state index contributed by atoms with van der Waals surface area (Å²) in [7, 11) is 1.63. The SMILES string of the molecule is COCCn1c(C(C)N2CCN(C(=O)/C=C/c3ccccc3)C(C)C2)nc2ccccc2c1=O. The molecule has 1 amide bonds. The molecule has 7 nitrogen and oxygen atoms in total. The fraction of sp³-hybridized carbons (Fsp3) is 0.370. The number of nitrogens with zero attached hydrogens (tertiary/aromatic N) is 4. The van der Waals surface area contributed by atoms with Gasteiger partial charge in [-0.25, -0.2) is 4.98 Å². The minimum atomic E-state index is -0.0753. The Bertz CT molecular complexity index is 1220. The average Bonchev–Trinajstić information content (AvgIpc) is 2.86. The van der Waals surface area contributed by atoms with Crippen LogP contribution in [0.15, 0.2) is 65.5 Å². The van der Waals surface area contributed by atoms with Gasteiger partial charge in [0.25, 0.3) is 5.56 Å². The quantitative estimate of drug-likeness (QED) is 0.506. The number of ether oxygens (including phenoxy) is 1. The van der Waals surface area contributed by atoms with E-state index in [0.717, 1.165) is 11.4 Å². The van der Waals surface area contributed by atoms with E-state index in [1.165, 1.54) is 0 Å². The summed E-state index contributed by atoms with van der Waals surface area (Å²) in [5.74, 6) is 0.751. The van der Waals surface area contributed by atoms with E-state index in [4.69, 9.17) is 9.72 Å². The van der Waals surface area contributed by atoms with Gasteiger partial charge in [-0.3, -0.25) is 19.1 Å². The Hall–Kier alpha value is -3.29. The zero-order valence-corrected chi connectivity index (χ0v) is 20.1. The molecule has 2 heterocycles. The summed E-state index contributed by atoms with van der Waals surface area (Å²) < 4.78 is 6.99. The van der Waals surface area contributed by atoms with Gasteiger partial charge < -0.3 is 9.64 Å². The lowest BCUT2D eigenvalue weighted by molar-refractivity contribution is -0.130. The molecule has 0 saturated carbocycles. The molecular weight excluding hydrogens is 428 g/mol. The molecule has 2 unspecified atom stereocenters. The van der Waals surface area contributed by atoms with E-state index >= 15 is 0 Å². The molecule has 0 bridgehead atoms. The van der Waals surface area contributed by atoms with Crippen molar-refractivity contribution in [2.45, 2.75) is 32.5 Å². The number of carbonyl (C=O) groups is 1. The minimum Gasteiger partial charge on any atom is -0.383 e. The van der Waals surface area contributed by atoms with Gasteiger partial charge >= 0.3 is 0 Å². The van der Waals surface area contributed by atoms with E-state index in [1.807, 2.05) is 65.6 Å². The Kier molecular flexibility index (Phi) is 7.55. The Morgan fingerprint density at radius 1 is 1.15 bits per heavy atom. The lowest BCUT2D eigenvalue weighted by Gasteiger charge is -2.42. The number of hydrogen-bond acceptors (Lipinski definition) is 5. The van der Waals surface area contributed by atoms with Crippen molar-refractivity contribution >= 4 is 22.9 Å². The van der Waals surface area contributed by atoms with Crippen LogP contribution in [-0.2, 0) is 16.1 Å². The number of benzene rings is 2. The van der Waals surface area contributed by atoms with E-state index in [0.29, 0.717) is 43.7 Å². The fourth-order valence-corrected chi connectivity index (χ4v) is 4.56. The predicted molar refractivity (Wildman–Crippen MR) is 135 cm³/mol. The Balaban J connectivity index is 1.52. The van der Waals surface area contributed by atoms with Gasteiger partial charge in [-0.05, 0) is 37.6 Å². The molecule has 1 aliphatic rings. The highest BCUT2D eigenvalue weighted by molar-refractivity contribution is 5.92. The third-order valence-corrected chi connectivity index (χ3v) is 6.49. The van der Waals surface area contributed by atoms with E-state index in [2.05, 4.69) is 18.7 Å². The van der Waals surface area contributed by atoms with Crippen LogP contribution in [0, 0.1) is 0 Å². The first-order valence-corrected chi connectivity index (χ1v) is 11.8. The number of para-hydroxylation sites is 1. The van der Waals surface area contributed by atoms with Gasteiger partial charge in [-0.15, -0.1) is 0 Å². The highest BCUT2D eigenvalue weighted by atomic mass is 16.5. The van der Waals surface area contributed by atoms with Crippen molar-refractivity contribution in [3.8, 4) is 0 Å². The van der Waals surface area contributed by atoms with Crippen LogP contribution in [0.25, 0.3) is 17.0 Å². The maximum atomic E-state index is 13.2. The van der Waals surface area contributed by atoms with Crippen LogP contribution >= 0.6 is 0 Å². The molecule has 2 aromatic carbocycles. The molecule has 2 atom stereocenters. The predicted octanol–water partition coefficient (Wildman–Crippen LogP) is 3.35. The summed E-state index contributed by atoms with van der Waals surface area (Å²) in [4.78, 5) is 35.2. The van der Waals surface area contributed by atoms with Crippen molar-refractivity contribution in [2.75, 3.05) is 33.4 Å². The highest BCUT2D eigenvalue weighted by Gasteiger charge is 2.31. The zero-order chi connectivity index (χ0) is 24.1. The molecule has 3 aromatic rings. The first-order valence-electron chi connectivity index (χ1n) is 11.8. The number of carbonyl (C=O) groups excluding carboxylic acids is 1. The largest absolute Gasteiger partial charge is 0.383 e. The van der Waals surface area contributed by atoms with Crippen molar-refractivity contribution in [2.24, 2.45) is 0 Å². The summed E-state index contributed by atoms with van der Waals surface area (Å²) in [6, 6.07) is 17.3. The first-order chi connectivity index (χ1) is 16.5. The molecule has 7 heteroatoms. The molecule has 178 valence electrons. The minimum absolute atomic E-state index is 0.0180.